The molecule has 0 radical (unpaired) electrons. The third kappa shape index (κ3) is 2.38. The van der Waals surface area contributed by atoms with Crippen LogP contribution in [0.3, 0.4) is 0 Å². The van der Waals surface area contributed by atoms with Crippen LogP contribution < -0.4 is 0 Å². The Morgan fingerprint density at radius 3 is 2.44 bits per heavy atom. The van der Waals surface area contributed by atoms with Gasteiger partial charge in [-0.25, -0.2) is 4.79 Å². The Morgan fingerprint density at radius 1 is 1.12 bits per heavy atom. The number of carbonyl (C=O) groups is 1. The Labute approximate surface area is 97.5 Å². The van der Waals surface area contributed by atoms with Gasteiger partial charge in [0.05, 0.1) is 5.57 Å². The van der Waals surface area contributed by atoms with Gasteiger partial charge in [0.1, 0.15) is 0 Å². The molecule has 2 aromatic rings. The summed E-state index contributed by atoms with van der Waals surface area (Å²) < 4.78 is 0. The van der Waals surface area contributed by atoms with E-state index >= 15 is 0 Å². The smallest absolute Gasteiger partial charge is 0.337 e. The molecule has 0 spiro atoms. The van der Waals surface area contributed by atoms with Gasteiger partial charge in [0, 0.05) is 4.88 Å². The monoisotopic (exact) mass is 230 g/mol. The third-order valence-electron chi connectivity index (χ3n) is 2.13. The predicted octanol–water partition coefficient (Wildman–Crippen LogP) is 3.37. The summed E-state index contributed by atoms with van der Waals surface area (Å²) in [5.41, 5.74) is 1.23. The van der Waals surface area contributed by atoms with Gasteiger partial charge >= 0.3 is 5.97 Å². The second kappa shape index (κ2) is 4.77. The number of benzene rings is 1. The van der Waals surface area contributed by atoms with Crippen molar-refractivity contribution in [3.05, 3.63) is 58.3 Å². The van der Waals surface area contributed by atoms with Gasteiger partial charge in [-0.3, -0.25) is 0 Å². The SMILES string of the molecule is O=C(O)/C(=C/c1ccccc1)c1cccs1. The first-order chi connectivity index (χ1) is 7.77. The molecule has 0 unspecified atom stereocenters. The summed E-state index contributed by atoms with van der Waals surface area (Å²) in [6, 6.07) is 13.1. The lowest BCUT2D eigenvalue weighted by molar-refractivity contribution is -0.130. The number of hydrogen-bond donors (Lipinski definition) is 1. The van der Waals surface area contributed by atoms with Crippen LogP contribution in [0.15, 0.2) is 47.8 Å². The van der Waals surface area contributed by atoms with Crippen LogP contribution in [0.25, 0.3) is 11.6 Å². The molecule has 0 aliphatic carbocycles. The topological polar surface area (TPSA) is 37.3 Å². The maximum Gasteiger partial charge on any atom is 0.337 e. The van der Waals surface area contributed by atoms with Gasteiger partial charge in [0.15, 0.2) is 0 Å². The van der Waals surface area contributed by atoms with Crippen molar-refractivity contribution in [1.82, 2.24) is 0 Å². The molecular formula is C13H10O2S. The third-order valence-corrected chi connectivity index (χ3v) is 3.03. The largest absolute Gasteiger partial charge is 0.478 e. The van der Waals surface area contributed by atoms with Crippen molar-refractivity contribution >= 4 is 29.0 Å². The summed E-state index contributed by atoms with van der Waals surface area (Å²) in [7, 11) is 0. The van der Waals surface area contributed by atoms with Crippen molar-refractivity contribution in [1.29, 1.82) is 0 Å². The highest BCUT2D eigenvalue weighted by Crippen LogP contribution is 2.22. The number of hydrogen-bond acceptors (Lipinski definition) is 2. The quantitative estimate of drug-likeness (QED) is 0.821. The van der Waals surface area contributed by atoms with Gasteiger partial charge in [0.25, 0.3) is 0 Å². The van der Waals surface area contributed by atoms with Crippen molar-refractivity contribution in [2.75, 3.05) is 0 Å². The lowest BCUT2D eigenvalue weighted by Gasteiger charge is -1.99. The fraction of sp³-hybridized carbons (Fsp3) is 0. The average molecular weight is 230 g/mol. The van der Waals surface area contributed by atoms with Crippen molar-refractivity contribution in [2.24, 2.45) is 0 Å². The van der Waals surface area contributed by atoms with E-state index in [4.69, 9.17) is 5.11 Å². The molecule has 0 saturated carbocycles. The Morgan fingerprint density at radius 2 is 1.88 bits per heavy atom. The zero-order valence-electron chi connectivity index (χ0n) is 8.46. The Hall–Kier alpha value is -1.87. The molecule has 0 amide bonds. The molecule has 0 atom stereocenters. The second-order valence-corrected chi connectivity index (χ2v) is 4.20. The van der Waals surface area contributed by atoms with Crippen LogP contribution in [0.5, 0.6) is 0 Å². The molecular weight excluding hydrogens is 220 g/mol. The first-order valence-electron chi connectivity index (χ1n) is 4.81. The maximum atomic E-state index is 11.1. The number of rotatable bonds is 3. The normalized spacial score (nSPS) is 11.4. The Balaban J connectivity index is 2.42. The van der Waals surface area contributed by atoms with Crippen LogP contribution >= 0.6 is 11.3 Å². The van der Waals surface area contributed by atoms with Crippen LogP contribution in [0.2, 0.25) is 0 Å². The van der Waals surface area contributed by atoms with E-state index in [9.17, 15) is 4.79 Å². The zero-order chi connectivity index (χ0) is 11.4. The highest BCUT2D eigenvalue weighted by Gasteiger charge is 2.10. The second-order valence-electron chi connectivity index (χ2n) is 3.25. The van der Waals surface area contributed by atoms with Gasteiger partial charge in [-0.2, -0.15) is 0 Å². The Kier molecular flexibility index (Phi) is 3.17. The first-order valence-corrected chi connectivity index (χ1v) is 5.69. The molecule has 16 heavy (non-hydrogen) atoms. The Bertz CT molecular complexity index is 498. The van der Waals surface area contributed by atoms with Gasteiger partial charge in [-0.15, -0.1) is 11.3 Å². The number of carboxylic acid groups (broad SMARTS) is 1. The highest BCUT2D eigenvalue weighted by molar-refractivity contribution is 7.11. The van der Waals surface area contributed by atoms with Gasteiger partial charge < -0.3 is 5.11 Å². The summed E-state index contributed by atoms with van der Waals surface area (Å²) in [6.45, 7) is 0. The molecule has 0 aliphatic rings. The molecule has 1 heterocycles. The number of carboxylic acids is 1. The average Bonchev–Trinajstić information content (AvgIpc) is 2.80. The summed E-state index contributed by atoms with van der Waals surface area (Å²) >= 11 is 1.43. The molecule has 0 fully saturated rings. The fourth-order valence-electron chi connectivity index (χ4n) is 1.39. The summed E-state index contributed by atoms with van der Waals surface area (Å²) in [5, 5.41) is 11.0. The van der Waals surface area contributed by atoms with Crippen LogP contribution in [0, 0.1) is 0 Å². The standard InChI is InChI=1S/C13H10O2S/c14-13(15)11(12-7-4-8-16-12)9-10-5-2-1-3-6-10/h1-9H,(H,14,15)/b11-9+. The van der Waals surface area contributed by atoms with E-state index in [1.165, 1.54) is 11.3 Å². The van der Waals surface area contributed by atoms with E-state index in [2.05, 4.69) is 0 Å². The van der Waals surface area contributed by atoms with Crippen molar-refractivity contribution < 1.29 is 9.90 Å². The fourth-order valence-corrected chi connectivity index (χ4v) is 2.12. The minimum Gasteiger partial charge on any atom is -0.478 e. The summed E-state index contributed by atoms with van der Waals surface area (Å²) in [4.78, 5) is 11.9. The molecule has 2 rings (SSSR count). The molecule has 80 valence electrons. The molecule has 2 nitrogen and oxygen atoms in total. The van der Waals surface area contributed by atoms with E-state index in [0.717, 1.165) is 10.4 Å². The van der Waals surface area contributed by atoms with Crippen LogP contribution in [0.1, 0.15) is 10.4 Å². The minimum absolute atomic E-state index is 0.334. The molecule has 0 saturated heterocycles. The van der Waals surface area contributed by atoms with Gasteiger partial charge in [-0.1, -0.05) is 36.4 Å². The lowest BCUT2D eigenvalue weighted by atomic mass is 10.1. The van der Waals surface area contributed by atoms with E-state index < -0.39 is 5.97 Å². The zero-order valence-corrected chi connectivity index (χ0v) is 9.28. The maximum absolute atomic E-state index is 11.1. The van der Waals surface area contributed by atoms with Crippen molar-refractivity contribution in [2.45, 2.75) is 0 Å². The first kappa shape index (κ1) is 10.6. The molecule has 1 aromatic heterocycles. The van der Waals surface area contributed by atoms with Crippen molar-refractivity contribution in [3.63, 3.8) is 0 Å². The molecule has 0 aliphatic heterocycles. The van der Waals surface area contributed by atoms with Crippen LogP contribution in [-0.4, -0.2) is 11.1 Å². The van der Waals surface area contributed by atoms with Gasteiger partial charge in [-0.05, 0) is 23.1 Å². The predicted molar refractivity (Wildman–Crippen MR) is 66.3 cm³/mol. The van der Waals surface area contributed by atoms with Gasteiger partial charge in [0.2, 0.25) is 0 Å². The summed E-state index contributed by atoms with van der Waals surface area (Å²) in [5.74, 6) is -0.897. The van der Waals surface area contributed by atoms with E-state index in [-0.39, 0.29) is 0 Å². The molecule has 0 bridgehead atoms. The molecule has 1 N–H and O–H groups in total. The van der Waals surface area contributed by atoms with Crippen LogP contribution in [-0.2, 0) is 4.79 Å². The van der Waals surface area contributed by atoms with E-state index in [0.29, 0.717) is 5.57 Å². The number of thiophene rings is 1. The minimum atomic E-state index is -0.897. The molecule has 3 heteroatoms. The molecule has 1 aromatic carbocycles. The highest BCUT2D eigenvalue weighted by atomic mass is 32.1. The van der Waals surface area contributed by atoms with Crippen LogP contribution in [0.4, 0.5) is 0 Å². The summed E-state index contributed by atoms with van der Waals surface area (Å²) in [6.07, 6.45) is 1.69. The van der Waals surface area contributed by atoms with E-state index in [1.807, 2.05) is 47.8 Å². The van der Waals surface area contributed by atoms with E-state index in [1.54, 1.807) is 6.08 Å². The van der Waals surface area contributed by atoms with Crippen molar-refractivity contribution in [3.8, 4) is 0 Å². The lowest BCUT2D eigenvalue weighted by Crippen LogP contribution is -1.97. The number of aliphatic carboxylic acids is 1.